The standard InChI is InChI=1S/C25H34N4O3/c1-18-7-8-21(25(30)31)15-23(18)28(17-22-9-14-32-22)12-10-27-11-13-29(16-20(27)3)24-6-4-5-19(2)26-24/h4-8,15,20,22H,9-14,16-17H2,1-3H3,(H,30,31). The lowest BCUT2D eigenvalue weighted by molar-refractivity contribution is -0.0447. The van der Waals surface area contributed by atoms with E-state index < -0.39 is 5.97 Å². The van der Waals surface area contributed by atoms with Crippen molar-refractivity contribution in [2.45, 2.75) is 39.3 Å². The monoisotopic (exact) mass is 438 g/mol. The van der Waals surface area contributed by atoms with Crippen molar-refractivity contribution in [3.05, 3.63) is 53.2 Å². The maximum atomic E-state index is 11.5. The van der Waals surface area contributed by atoms with E-state index in [1.165, 1.54) is 0 Å². The SMILES string of the molecule is Cc1cccc(N2CCN(CCN(CC3CCO3)c3cc(C(=O)O)ccc3C)C(C)C2)n1. The van der Waals surface area contributed by atoms with E-state index in [-0.39, 0.29) is 6.10 Å². The Morgan fingerprint density at radius 1 is 1.25 bits per heavy atom. The second-order valence-electron chi connectivity index (χ2n) is 9.00. The molecule has 4 rings (SSSR count). The molecule has 1 aromatic carbocycles. The maximum absolute atomic E-state index is 11.5. The molecule has 2 atom stereocenters. The third-order valence-electron chi connectivity index (χ3n) is 6.63. The highest BCUT2D eigenvalue weighted by Gasteiger charge is 2.27. The number of rotatable bonds is 8. The van der Waals surface area contributed by atoms with E-state index in [1.54, 1.807) is 12.1 Å². The zero-order chi connectivity index (χ0) is 22.7. The van der Waals surface area contributed by atoms with Crippen LogP contribution in [-0.2, 0) is 4.74 Å². The van der Waals surface area contributed by atoms with Crippen molar-refractivity contribution >= 4 is 17.5 Å². The number of pyridine rings is 1. The van der Waals surface area contributed by atoms with Crippen LogP contribution in [0.25, 0.3) is 0 Å². The predicted octanol–water partition coefficient (Wildman–Crippen LogP) is 3.20. The van der Waals surface area contributed by atoms with Crippen LogP contribution in [0.1, 0.15) is 35.0 Å². The minimum Gasteiger partial charge on any atom is -0.478 e. The zero-order valence-corrected chi connectivity index (χ0v) is 19.3. The molecule has 7 heteroatoms. The normalized spacial score (nSPS) is 21.3. The van der Waals surface area contributed by atoms with Gasteiger partial charge in [0, 0.05) is 63.3 Å². The van der Waals surface area contributed by atoms with Gasteiger partial charge in [0.25, 0.3) is 0 Å². The van der Waals surface area contributed by atoms with Gasteiger partial charge < -0.3 is 19.6 Å². The van der Waals surface area contributed by atoms with Crippen LogP contribution in [0.2, 0.25) is 0 Å². The summed E-state index contributed by atoms with van der Waals surface area (Å²) in [6.45, 7) is 12.6. The summed E-state index contributed by atoms with van der Waals surface area (Å²) in [5.74, 6) is 0.168. The molecule has 2 aromatic rings. The number of aromatic carboxylic acids is 1. The largest absolute Gasteiger partial charge is 0.478 e. The molecule has 2 aliphatic rings. The molecule has 3 heterocycles. The first-order valence-electron chi connectivity index (χ1n) is 11.5. The quantitative estimate of drug-likeness (QED) is 0.679. The number of anilines is 2. The fraction of sp³-hybridized carbons (Fsp3) is 0.520. The summed E-state index contributed by atoms with van der Waals surface area (Å²) in [4.78, 5) is 23.4. The van der Waals surface area contributed by atoms with Gasteiger partial charge in [0.15, 0.2) is 0 Å². The van der Waals surface area contributed by atoms with Gasteiger partial charge in [-0.3, -0.25) is 4.90 Å². The lowest BCUT2D eigenvalue weighted by Gasteiger charge is -2.42. The molecular weight excluding hydrogens is 404 g/mol. The number of ether oxygens (including phenoxy) is 1. The number of aromatic nitrogens is 1. The average molecular weight is 439 g/mol. The first-order chi connectivity index (χ1) is 15.4. The molecule has 0 spiro atoms. The molecule has 0 aliphatic carbocycles. The third-order valence-corrected chi connectivity index (χ3v) is 6.63. The number of nitrogens with zero attached hydrogens (tertiary/aromatic N) is 4. The topological polar surface area (TPSA) is 69.1 Å². The Hall–Kier alpha value is -2.64. The van der Waals surface area contributed by atoms with E-state index in [2.05, 4.69) is 38.7 Å². The summed E-state index contributed by atoms with van der Waals surface area (Å²) >= 11 is 0. The van der Waals surface area contributed by atoms with Gasteiger partial charge in [-0.05, 0) is 57.0 Å². The lowest BCUT2D eigenvalue weighted by atomic mass is 10.1. The Labute approximate surface area is 190 Å². The van der Waals surface area contributed by atoms with Crippen molar-refractivity contribution in [3.63, 3.8) is 0 Å². The summed E-state index contributed by atoms with van der Waals surface area (Å²) in [5.41, 5.74) is 3.47. The molecule has 7 nitrogen and oxygen atoms in total. The zero-order valence-electron chi connectivity index (χ0n) is 19.3. The predicted molar refractivity (Wildman–Crippen MR) is 127 cm³/mol. The molecule has 0 saturated carbocycles. The Balaban J connectivity index is 1.42. The smallest absolute Gasteiger partial charge is 0.335 e. The fourth-order valence-electron chi connectivity index (χ4n) is 4.56. The van der Waals surface area contributed by atoms with Crippen LogP contribution in [0.5, 0.6) is 0 Å². The van der Waals surface area contributed by atoms with Gasteiger partial charge >= 0.3 is 5.97 Å². The molecule has 0 radical (unpaired) electrons. The lowest BCUT2D eigenvalue weighted by Crippen LogP contribution is -2.54. The second-order valence-corrected chi connectivity index (χ2v) is 9.00. The van der Waals surface area contributed by atoms with Crippen LogP contribution in [0.4, 0.5) is 11.5 Å². The van der Waals surface area contributed by atoms with Crippen LogP contribution < -0.4 is 9.80 Å². The van der Waals surface area contributed by atoms with E-state index in [4.69, 9.17) is 4.74 Å². The molecule has 172 valence electrons. The average Bonchev–Trinajstić information content (AvgIpc) is 2.74. The summed E-state index contributed by atoms with van der Waals surface area (Å²) in [7, 11) is 0. The molecule has 1 N–H and O–H groups in total. The molecule has 0 bridgehead atoms. The molecule has 2 unspecified atom stereocenters. The van der Waals surface area contributed by atoms with Gasteiger partial charge in [-0.1, -0.05) is 12.1 Å². The van der Waals surface area contributed by atoms with Crippen LogP contribution in [-0.4, -0.2) is 79.0 Å². The van der Waals surface area contributed by atoms with Gasteiger partial charge in [0.2, 0.25) is 0 Å². The molecule has 2 fully saturated rings. The van der Waals surface area contributed by atoms with Gasteiger partial charge in [-0.15, -0.1) is 0 Å². The first-order valence-corrected chi connectivity index (χ1v) is 11.5. The van der Waals surface area contributed by atoms with Crippen molar-refractivity contribution in [2.24, 2.45) is 0 Å². The number of carbonyl (C=O) groups is 1. The van der Waals surface area contributed by atoms with Crippen molar-refractivity contribution in [3.8, 4) is 0 Å². The van der Waals surface area contributed by atoms with E-state index in [9.17, 15) is 9.90 Å². The summed E-state index contributed by atoms with van der Waals surface area (Å²) in [5, 5.41) is 9.46. The number of benzene rings is 1. The van der Waals surface area contributed by atoms with Crippen molar-refractivity contribution < 1.29 is 14.6 Å². The number of carboxylic acid groups (broad SMARTS) is 1. The van der Waals surface area contributed by atoms with Gasteiger partial charge in [-0.25, -0.2) is 9.78 Å². The highest BCUT2D eigenvalue weighted by Crippen LogP contribution is 2.25. The fourth-order valence-corrected chi connectivity index (χ4v) is 4.56. The molecule has 0 amide bonds. The number of hydrogen-bond donors (Lipinski definition) is 1. The minimum atomic E-state index is -0.888. The van der Waals surface area contributed by atoms with Gasteiger partial charge in [-0.2, -0.15) is 0 Å². The number of piperazine rings is 1. The number of hydrogen-bond acceptors (Lipinski definition) is 6. The molecule has 32 heavy (non-hydrogen) atoms. The Bertz CT molecular complexity index is 947. The van der Waals surface area contributed by atoms with Crippen molar-refractivity contribution in [1.82, 2.24) is 9.88 Å². The van der Waals surface area contributed by atoms with E-state index >= 15 is 0 Å². The van der Waals surface area contributed by atoms with Gasteiger partial charge in [0.1, 0.15) is 5.82 Å². The molecule has 2 aliphatic heterocycles. The Kier molecular flexibility index (Phi) is 6.96. The van der Waals surface area contributed by atoms with Crippen LogP contribution >= 0.6 is 0 Å². The van der Waals surface area contributed by atoms with Crippen LogP contribution in [0.15, 0.2) is 36.4 Å². The highest BCUT2D eigenvalue weighted by molar-refractivity contribution is 5.89. The first kappa shape index (κ1) is 22.6. The van der Waals surface area contributed by atoms with Crippen LogP contribution in [0.3, 0.4) is 0 Å². The van der Waals surface area contributed by atoms with E-state index in [1.807, 2.05) is 26.0 Å². The van der Waals surface area contributed by atoms with Crippen LogP contribution in [0, 0.1) is 13.8 Å². The Morgan fingerprint density at radius 3 is 2.72 bits per heavy atom. The molecular formula is C25H34N4O3. The summed E-state index contributed by atoms with van der Waals surface area (Å²) in [6, 6.07) is 12.0. The molecule has 1 aromatic heterocycles. The van der Waals surface area contributed by atoms with Crippen molar-refractivity contribution in [1.29, 1.82) is 0 Å². The Morgan fingerprint density at radius 2 is 2.06 bits per heavy atom. The van der Waals surface area contributed by atoms with Crippen molar-refractivity contribution in [2.75, 3.05) is 55.7 Å². The van der Waals surface area contributed by atoms with Gasteiger partial charge in [0.05, 0.1) is 11.7 Å². The highest BCUT2D eigenvalue weighted by atomic mass is 16.5. The summed E-state index contributed by atoms with van der Waals surface area (Å²) in [6.07, 6.45) is 1.29. The number of carboxylic acids is 1. The second kappa shape index (κ2) is 9.88. The van der Waals surface area contributed by atoms with E-state index in [0.29, 0.717) is 11.6 Å². The summed E-state index contributed by atoms with van der Waals surface area (Å²) < 4.78 is 5.70. The molecule has 2 saturated heterocycles. The number of aryl methyl sites for hydroxylation is 2. The van der Waals surface area contributed by atoms with E-state index in [0.717, 1.165) is 75.1 Å². The third kappa shape index (κ3) is 5.22. The maximum Gasteiger partial charge on any atom is 0.335 e. The minimum absolute atomic E-state index is 0.226.